The topological polar surface area (TPSA) is 151 Å². The first-order valence-electron chi connectivity index (χ1n) is 7.16. The van der Waals surface area contributed by atoms with Crippen LogP contribution in [0, 0.1) is 0 Å². The third-order valence-corrected chi connectivity index (χ3v) is 3.68. The number of hydrogen-bond donors (Lipinski definition) is 6. The minimum atomic E-state index is -1.41. The van der Waals surface area contributed by atoms with Gasteiger partial charge >= 0.3 is 0 Å². The molecule has 0 aromatic heterocycles. The largest absolute Gasteiger partial charge is 0.361 e. The van der Waals surface area contributed by atoms with E-state index in [1.54, 1.807) is 24.3 Å². The number of carbonyl (C=O) groups is 2. The molecule has 2 aromatic rings. The Hall–Kier alpha value is -2.78. The molecule has 0 bridgehead atoms. The lowest BCUT2D eigenvalue weighted by Gasteiger charge is -2.24. The maximum absolute atomic E-state index is 12.9. The number of fused-ring (bicyclic) bond motifs is 2. The highest BCUT2D eigenvalue weighted by molar-refractivity contribution is 6.31. The van der Waals surface area contributed by atoms with Crippen molar-refractivity contribution in [1.29, 1.82) is 0 Å². The third kappa shape index (κ3) is 2.63. The van der Waals surface area contributed by atoms with Crippen molar-refractivity contribution in [3.63, 3.8) is 0 Å². The van der Waals surface area contributed by atoms with Crippen molar-refractivity contribution in [3.8, 4) is 0 Å². The first-order chi connectivity index (χ1) is 11.4. The van der Waals surface area contributed by atoms with Crippen LogP contribution in [0.1, 0.15) is 31.8 Å². The standard InChI is InChI=1S/C16H16N4O4/c17-15(23)19-9-5-6-10(20-16(18)24)12-11(9)13(21)7-3-1-2-4-8(7)14(12)22/h1-6,15-16,19-20,23-24H,17-18H2. The molecule has 1 aliphatic carbocycles. The highest BCUT2D eigenvalue weighted by Crippen LogP contribution is 2.36. The molecule has 0 fully saturated rings. The van der Waals surface area contributed by atoms with Crippen LogP contribution in [0.3, 0.4) is 0 Å². The summed E-state index contributed by atoms with van der Waals surface area (Å²) in [6.45, 7) is 0. The van der Waals surface area contributed by atoms with Crippen LogP contribution in [0.25, 0.3) is 0 Å². The van der Waals surface area contributed by atoms with Gasteiger partial charge in [0.2, 0.25) is 0 Å². The molecule has 0 saturated heterocycles. The molecule has 0 spiro atoms. The van der Waals surface area contributed by atoms with Gasteiger partial charge in [-0.3, -0.25) is 21.1 Å². The Morgan fingerprint density at radius 2 is 1.12 bits per heavy atom. The van der Waals surface area contributed by atoms with Crippen LogP contribution in [0.2, 0.25) is 0 Å². The summed E-state index contributed by atoms with van der Waals surface area (Å²) in [6, 6.07) is 9.37. The van der Waals surface area contributed by atoms with E-state index in [0.717, 1.165) is 0 Å². The van der Waals surface area contributed by atoms with Crippen LogP contribution in [0.15, 0.2) is 36.4 Å². The van der Waals surface area contributed by atoms with Crippen LogP contribution in [-0.4, -0.2) is 34.5 Å². The van der Waals surface area contributed by atoms with E-state index in [9.17, 15) is 19.8 Å². The van der Waals surface area contributed by atoms with Gasteiger partial charge in [-0.25, -0.2) is 0 Å². The molecular formula is C16H16N4O4. The van der Waals surface area contributed by atoms with Crippen molar-refractivity contribution in [2.24, 2.45) is 11.5 Å². The number of anilines is 2. The molecule has 2 unspecified atom stereocenters. The van der Waals surface area contributed by atoms with Crippen LogP contribution in [0.5, 0.6) is 0 Å². The lowest BCUT2D eigenvalue weighted by atomic mass is 9.82. The Morgan fingerprint density at radius 1 is 0.750 bits per heavy atom. The SMILES string of the molecule is NC(O)Nc1ccc(NC(N)O)c2c1C(=O)c1ccccc1C2=O. The number of ketones is 2. The molecular weight excluding hydrogens is 312 g/mol. The fourth-order valence-corrected chi connectivity index (χ4v) is 2.78. The van der Waals surface area contributed by atoms with E-state index in [1.165, 1.54) is 12.1 Å². The van der Waals surface area contributed by atoms with Crippen molar-refractivity contribution in [3.05, 3.63) is 58.7 Å². The second-order valence-electron chi connectivity index (χ2n) is 5.29. The third-order valence-electron chi connectivity index (χ3n) is 3.68. The number of hydrogen-bond acceptors (Lipinski definition) is 8. The fraction of sp³-hybridized carbons (Fsp3) is 0.125. The molecule has 0 radical (unpaired) electrons. The smallest absolute Gasteiger partial charge is 0.196 e. The van der Waals surface area contributed by atoms with E-state index in [1.807, 2.05) is 0 Å². The van der Waals surface area contributed by atoms with Gasteiger partial charge in [-0.2, -0.15) is 0 Å². The summed E-state index contributed by atoms with van der Waals surface area (Å²) in [6.07, 6.45) is -2.82. The van der Waals surface area contributed by atoms with E-state index in [2.05, 4.69) is 10.6 Å². The van der Waals surface area contributed by atoms with Gasteiger partial charge in [0.25, 0.3) is 0 Å². The quantitative estimate of drug-likeness (QED) is 0.359. The molecule has 0 amide bonds. The minimum absolute atomic E-state index is 0.0638. The van der Waals surface area contributed by atoms with Crippen LogP contribution in [-0.2, 0) is 0 Å². The van der Waals surface area contributed by atoms with E-state index < -0.39 is 24.3 Å². The molecule has 2 atom stereocenters. The fourth-order valence-electron chi connectivity index (χ4n) is 2.78. The Kier molecular flexibility index (Phi) is 4.04. The summed E-state index contributed by atoms with van der Waals surface area (Å²) in [5.41, 5.74) is 11.7. The van der Waals surface area contributed by atoms with Crippen LogP contribution >= 0.6 is 0 Å². The van der Waals surface area contributed by atoms with E-state index >= 15 is 0 Å². The molecule has 1 aliphatic rings. The minimum Gasteiger partial charge on any atom is -0.361 e. The number of aliphatic hydroxyl groups is 2. The Balaban J connectivity index is 2.26. The van der Waals surface area contributed by atoms with Gasteiger partial charge in [-0.15, -0.1) is 0 Å². The Labute approximate surface area is 137 Å². The zero-order valence-corrected chi connectivity index (χ0v) is 12.5. The molecule has 0 heterocycles. The summed E-state index contributed by atoms with van der Waals surface area (Å²) in [7, 11) is 0. The van der Waals surface area contributed by atoms with Gasteiger partial charge in [-0.05, 0) is 12.1 Å². The van der Waals surface area contributed by atoms with Crippen LogP contribution in [0.4, 0.5) is 11.4 Å². The lowest BCUT2D eigenvalue weighted by molar-refractivity contribution is 0.0979. The van der Waals surface area contributed by atoms with E-state index in [-0.39, 0.29) is 33.6 Å². The number of nitrogens with two attached hydrogens (primary N) is 2. The zero-order chi connectivity index (χ0) is 17.4. The molecule has 0 saturated carbocycles. The van der Waals surface area contributed by atoms with Crippen molar-refractivity contribution in [1.82, 2.24) is 0 Å². The number of rotatable bonds is 4. The highest BCUT2D eigenvalue weighted by Gasteiger charge is 2.34. The summed E-state index contributed by atoms with van der Waals surface area (Å²) < 4.78 is 0. The van der Waals surface area contributed by atoms with E-state index in [0.29, 0.717) is 0 Å². The van der Waals surface area contributed by atoms with Gasteiger partial charge < -0.3 is 20.8 Å². The summed E-state index contributed by atoms with van der Waals surface area (Å²) in [5.74, 6) is -0.781. The van der Waals surface area contributed by atoms with Crippen LogP contribution < -0.4 is 22.1 Å². The molecule has 8 nitrogen and oxygen atoms in total. The average Bonchev–Trinajstić information content (AvgIpc) is 2.53. The molecule has 24 heavy (non-hydrogen) atoms. The van der Waals surface area contributed by atoms with E-state index in [4.69, 9.17) is 11.5 Å². The summed E-state index contributed by atoms with van der Waals surface area (Å²) >= 11 is 0. The second-order valence-corrected chi connectivity index (χ2v) is 5.29. The average molecular weight is 328 g/mol. The molecule has 3 rings (SSSR count). The van der Waals surface area contributed by atoms with Gasteiger partial charge in [0, 0.05) is 22.5 Å². The predicted octanol–water partition coefficient (Wildman–Crippen LogP) is -0.245. The molecule has 2 aromatic carbocycles. The Bertz CT molecular complexity index is 765. The molecule has 8 N–H and O–H groups in total. The van der Waals surface area contributed by atoms with Gasteiger partial charge in [0.15, 0.2) is 24.3 Å². The summed E-state index contributed by atoms with van der Waals surface area (Å²) in [5, 5.41) is 23.8. The Morgan fingerprint density at radius 3 is 1.46 bits per heavy atom. The second kappa shape index (κ2) is 6.02. The monoisotopic (exact) mass is 328 g/mol. The van der Waals surface area contributed by atoms with Crippen molar-refractivity contribution >= 4 is 22.9 Å². The van der Waals surface area contributed by atoms with Gasteiger partial charge in [0.1, 0.15) is 0 Å². The van der Waals surface area contributed by atoms with Gasteiger partial charge in [-0.1, -0.05) is 24.3 Å². The molecule has 0 aliphatic heterocycles. The van der Waals surface area contributed by atoms with Crippen molar-refractivity contribution < 1.29 is 19.8 Å². The normalized spacial score (nSPS) is 15.3. The maximum atomic E-state index is 12.9. The predicted molar refractivity (Wildman–Crippen MR) is 87.4 cm³/mol. The molecule has 124 valence electrons. The lowest BCUT2D eigenvalue weighted by Crippen LogP contribution is -2.33. The molecule has 8 heteroatoms. The van der Waals surface area contributed by atoms with Crippen molar-refractivity contribution in [2.75, 3.05) is 10.6 Å². The number of aliphatic hydroxyl groups excluding tert-OH is 2. The highest BCUT2D eigenvalue weighted by atomic mass is 16.3. The number of carbonyl (C=O) groups excluding carboxylic acids is 2. The first kappa shape index (κ1) is 16.1. The number of benzene rings is 2. The van der Waals surface area contributed by atoms with Crippen molar-refractivity contribution in [2.45, 2.75) is 12.7 Å². The first-order valence-corrected chi connectivity index (χ1v) is 7.16. The number of nitrogens with one attached hydrogen (secondary N) is 2. The zero-order valence-electron chi connectivity index (χ0n) is 12.5. The maximum Gasteiger partial charge on any atom is 0.196 e. The van der Waals surface area contributed by atoms with Gasteiger partial charge in [0.05, 0.1) is 11.1 Å². The summed E-state index contributed by atoms with van der Waals surface area (Å²) in [4.78, 5) is 25.7.